The van der Waals surface area contributed by atoms with Gasteiger partial charge in [-0.1, -0.05) is 19.9 Å². The second-order valence-corrected chi connectivity index (χ2v) is 5.41. The molecule has 0 spiro atoms. The van der Waals surface area contributed by atoms with E-state index < -0.39 is 0 Å². The molecule has 0 unspecified atom stereocenters. The standard InChI is InChI=1S/C16H21N3O2/c1-11(2)9-19-10-14(8-18-19)15-5-4-12(16(20)21-3)6-13(15)7-17/h4-6,8,10-11H,7,9,17H2,1-3H3. The summed E-state index contributed by atoms with van der Waals surface area (Å²) in [5, 5.41) is 4.37. The second kappa shape index (κ2) is 6.54. The minimum absolute atomic E-state index is 0.355. The van der Waals surface area contributed by atoms with E-state index in [0.29, 0.717) is 18.0 Å². The molecule has 1 heterocycles. The van der Waals surface area contributed by atoms with Gasteiger partial charge in [-0.3, -0.25) is 4.68 Å². The first-order valence-corrected chi connectivity index (χ1v) is 6.99. The molecule has 0 radical (unpaired) electrons. The van der Waals surface area contributed by atoms with Gasteiger partial charge in [0.15, 0.2) is 0 Å². The van der Waals surface area contributed by atoms with Crippen LogP contribution in [0.2, 0.25) is 0 Å². The molecule has 0 amide bonds. The Morgan fingerprint density at radius 2 is 2.19 bits per heavy atom. The molecule has 0 fully saturated rings. The number of rotatable bonds is 5. The average molecular weight is 287 g/mol. The van der Waals surface area contributed by atoms with Crippen molar-refractivity contribution in [3.05, 3.63) is 41.7 Å². The number of aromatic nitrogens is 2. The lowest BCUT2D eigenvalue weighted by Crippen LogP contribution is -2.05. The molecule has 2 rings (SSSR count). The van der Waals surface area contributed by atoms with Crippen molar-refractivity contribution in [1.29, 1.82) is 0 Å². The van der Waals surface area contributed by atoms with E-state index >= 15 is 0 Å². The lowest BCUT2D eigenvalue weighted by Gasteiger charge is -2.08. The van der Waals surface area contributed by atoms with Crippen molar-refractivity contribution in [1.82, 2.24) is 9.78 Å². The van der Waals surface area contributed by atoms with E-state index in [0.717, 1.165) is 23.2 Å². The molecular weight excluding hydrogens is 266 g/mol. The molecule has 1 aromatic carbocycles. The number of nitrogens with zero attached hydrogens (tertiary/aromatic N) is 2. The monoisotopic (exact) mass is 287 g/mol. The molecule has 112 valence electrons. The molecule has 5 nitrogen and oxygen atoms in total. The summed E-state index contributed by atoms with van der Waals surface area (Å²) in [5.74, 6) is 0.181. The van der Waals surface area contributed by atoms with Crippen LogP contribution in [0.25, 0.3) is 11.1 Å². The fourth-order valence-electron chi connectivity index (χ4n) is 2.27. The van der Waals surface area contributed by atoms with Crippen LogP contribution in [0, 0.1) is 5.92 Å². The van der Waals surface area contributed by atoms with Gasteiger partial charge in [-0.25, -0.2) is 4.79 Å². The highest BCUT2D eigenvalue weighted by Crippen LogP contribution is 2.24. The first kappa shape index (κ1) is 15.3. The number of benzene rings is 1. The summed E-state index contributed by atoms with van der Waals surface area (Å²) in [7, 11) is 1.37. The van der Waals surface area contributed by atoms with Crippen LogP contribution in [0.4, 0.5) is 0 Å². The summed E-state index contributed by atoms with van der Waals surface area (Å²) in [6.45, 7) is 5.53. The fourth-order valence-corrected chi connectivity index (χ4v) is 2.27. The van der Waals surface area contributed by atoms with Crippen LogP contribution in [0.5, 0.6) is 0 Å². The van der Waals surface area contributed by atoms with Crippen molar-refractivity contribution in [3.8, 4) is 11.1 Å². The first-order chi connectivity index (χ1) is 10.0. The molecule has 2 aromatic rings. The topological polar surface area (TPSA) is 70.1 Å². The van der Waals surface area contributed by atoms with Gasteiger partial charge in [0, 0.05) is 24.8 Å². The average Bonchev–Trinajstić information content (AvgIpc) is 2.93. The van der Waals surface area contributed by atoms with Gasteiger partial charge in [0.25, 0.3) is 0 Å². The highest BCUT2D eigenvalue weighted by Gasteiger charge is 2.12. The molecular formula is C16H21N3O2. The SMILES string of the molecule is COC(=O)c1ccc(-c2cnn(CC(C)C)c2)c(CN)c1. The molecule has 0 saturated carbocycles. The van der Waals surface area contributed by atoms with Crippen molar-refractivity contribution < 1.29 is 9.53 Å². The predicted octanol–water partition coefficient (Wildman–Crippen LogP) is 2.45. The number of esters is 1. The van der Waals surface area contributed by atoms with E-state index in [-0.39, 0.29) is 5.97 Å². The van der Waals surface area contributed by atoms with Crippen LogP contribution < -0.4 is 5.73 Å². The molecule has 21 heavy (non-hydrogen) atoms. The van der Waals surface area contributed by atoms with Crippen molar-refractivity contribution in [2.45, 2.75) is 26.9 Å². The number of methoxy groups -OCH3 is 1. The van der Waals surface area contributed by atoms with Crippen LogP contribution in [-0.2, 0) is 17.8 Å². The van der Waals surface area contributed by atoms with E-state index in [1.165, 1.54) is 7.11 Å². The summed E-state index contributed by atoms with van der Waals surface area (Å²) in [5.41, 5.74) is 9.23. The lowest BCUT2D eigenvalue weighted by atomic mass is 10.00. The Kier molecular flexibility index (Phi) is 4.75. The molecule has 0 bridgehead atoms. The minimum Gasteiger partial charge on any atom is -0.465 e. The third kappa shape index (κ3) is 3.49. The molecule has 1 aromatic heterocycles. The molecule has 0 aliphatic rings. The Balaban J connectivity index is 2.35. The van der Waals surface area contributed by atoms with Gasteiger partial charge < -0.3 is 10.5 Å². The third-order valence-corrected chi connectivity index (χ3v) is 3.24. The van der Waals surface area contributed by atoms with Gasteiger partial charge in [0.05, 0.1) is 18.9 Å². The van der Waals surface area contributed by atoms with Gasteiger partial charge >= 0.3 is 5.97 Å². The highest BCUT2D eigenvalue weighted by molar-refractivity contribution is 5.90. The summed E-state index contributed by atoms with van der Waals surface area (Å²) in [6.07, 6.45) is 3.83. The van der Waals surface area contributed by atoms with E-state index in [1.807, 2.05) is 23.1 Å². The van der Waals surface area contributed by atoms with Crippen LogP contribution in [0.3, 0.4) is 0 Å². The number of hydrogen-bond donors (Lipinski definition) is 1. The summed E-state index contributed by atoms with van der Waals surface area (Å²) >= 11 is 0. The fraction of sp³-hybridized carbons (Fsp3) is 0.375. The van der Waals surface area contributed by atoms with Crippen LogP contribution in [0.1, 0.15) is 29.8 Å². The third-order valence-electron chi connectivity index (χ3n) is 3.24. The quantitative estimate of drug-likeness (QED) is 0.858. The highest BCUT2D eigenvalue weighted by atomic mass is 16.5. The smallest absolute Gasteiger partial charge is 0.337 e. The number of carbonyl (C=O) groups is 1. The van der Waals surface area contributed by atoms with E-state index in [1.54, 1.807) is 12.1 Å². The molecule has 0 aliphatic heterocycles. The van der Waals surface area contributed by atoms with Crippen molar-refractivity contribution in [2.75, 3.05) is 7.11 Å². The maximum absolute atomic E-state index is 11.6. The van der Waals surface area contributed by atoms with Gasteiger partial charge in [-0.2, -0.15) is 5.10 Å². The Bertz CT molecular complexity index is 632. The lowest BCUT2D eigenvalue weighted by molar-refractivity contribution is 0.0600. The zero-order valence-electron chi connectivity index (χ0n) is 12.7. The van der Waals surface area contributed by atoms with Gasteiger partial charge in [-0.15, -0.1) is 0 Å². The van der Waals surface area contributed by atoms with Gasteiger partial charge in [0.2, 0.25) is 0 Å². The summed E-state index contributed by atoms with van der Waals surface area (Å²) < 4.78 is 6.66. The number of ether oxygens (including phenoxy) is 1. The number of nitrogens with two attached hydrogens (primary N) is 1. The van der Waals surface area contributed by atoms with Crippen LogP contribution >= 0.6 is 0 Å². The number of carbonyl (C=O) groups excluding carboxylic acids is 1. The van der Waals surface area contributed by atoms with Crippen LogP contribution in [0.15, 0.2) is 30.6 Å². The van der Waals surface area contributed by atoms with E-state index in [4.69, 9.17) is 10.5 Å². The maximum Gasteiger partial charge on any atom is 0.337 e. The zero-order chi connectivity index (χ0) is 15.4. The largest absolute Gasteiger partial charge is 0.465 e. The Morgan fingerprint density at radius 1 is 1.43 bits per heavy atom. The van der Waals surface area contributed by atoms with E-state index in [2.05, 4.69) is 18.9 Å². The van der Waals surface area contributed by atoms with Gasteiger partial charge in [0.1, 0.15) is 0 Å². The summed E-state index contributed by atoms with van der Waals surface area (Å²) in [6, 6.07) is 5.42. The Labute approximate surface area is 124 Å². The summed E-state index contributed by atoms with van der Waals surface area (Å²) in [4.78, 5) is 11.6. The van der Waals surface area contributed by atoms with Gasteiger partial charge in [-0.05, 0) is 29.2 Å². The van der Waals surface area contributed by atoms with Crippen molar-refractivity contribution in [2.24, 2.45) is 11.7 Å². The van der Waals surface area contributed by atoms with Crippen molar-refractivity contribution in [3.63, 3.8) is 0 Å². The second-order valence-electron chi connectivity index (χ2n) is 5.41. The molecule has 2 N–H and O–H groups in total. The molecule has 0 saturated heterocycles. The minimum atomic E-state index is -0.355. The zero-order valence-corrected chi connectivity index (χ0v) is 12.7. The Morgan fingerprint density at radius 3 is 2.81 bits per heavy atom. The molecule has 0 atom stereocenters. The normalized spacial score (nSPS) is 10.9. The number of hydrogen-bond acceptors (Lipinski definition) is 4. The first-order valence-electron chi connectivity index (χ1n) is 6.99. The Hall–Kier alpha value is -2.14. The van der Waals surface area contributed by atoms with E-state index in [9.17, 15) is 4.79 Å². The van der Waals surface area contributed by atoms with Crippen molar-refractivity contribution >= 4 is 5.97 Å². The predicted molar refractivity (Wildman–Crippen MR) is 81.7 cm³/mol. The van der Waals surface area contributed by atoms with Crippen LogP contribution in [-0.4, -0.2) is 22.9 Å². The molecule has 0 aliphatic carbocycles. The molecule has 5 heteroatoms. The maximum atomic E-state index is 11.6.